The monoisotopic (exact) mass is 302 g/mol. The molecule has 1 N–H and O–H groups in total. The van der Waals surface area contributed by atoms with Crippen molar-refractivity contribution in [2.75, 3.05) is 32.1 Å². The van der Waals surface area contributed by atoms with Crippen LogP contribution in [-0.2, 0) is 20.4 Å². The highest BCUT2D eigenvalue weighted by Gasteiger charge is 2.37. The van der Waals surface area contributed by atoms with Crippen molar-refractivity contribution in [3.8, 4) is 0 Å². The van der Waals surface area contributed by atoms with Gasteiger partial charge in [0.25, 0.3) is 5.44 Å². The molecule has 1 rings (SSSR count). The highest BCUT2D eigenvalue weighted by Crippen LogP contribution is 2.16. The van der Waals surface area contributed by atoms with Crippen molar-refractivity contribution in [2.45, 2.75) is 12.4 Å². The van der Waals surface area contributed by atoms with Gasteiger partial charge in [-0.15, -0.1) is 6.58 Å². The zero-order chi connectivity index (χ0) is 15.3. The fourth-order valence-electron chi connectivity index (χ4n) is 1.67. The molecule has 1 aliphatic rings. The molecule has 0 spiro atoms. The van der Waals surface area contributed by atoms with Gasteiger partial charge in [-0.05, 0) is 0 Å². The van der Waals surface area contributed by atoms with E-state index in [0.29, 0.717) is 19.6 Å². The zero-order valence-corrected chi connectivity index (χ0v) is 12.7. The van der Waals surface area contributed by atoms with Crippen LogP contribution in [0, 0.1) is 10.1 Å². The molecule has 0 bridgehead atoms. The van der Waals surface area contributed by atoms with Gasteiger partial charge in [0.05, 0.1) is 4.92 Å². The summed E-state index contributed by atoms with van der Waals surface area (Å²) in [6.07, 6.45) is 5.46. The maximum atomic E-state index is 12.0. The number of hydrogen-bond donors (Lipinski definition) is 1. The summed E-state index contributed by atoms with van der Waals surface area (Å²) >= 11 is 0. The topological polar surface area (TPSA) is 84.7 Å². The summed E-state index contributed by atoms with van der Waals surface area (Å²) in [6, 6.07) is 0. The SMILES string of the molecule is C=CCN1CCNC1=C(C(=O)OC(C)[S+](C)C)[N+](=O)[O-]. The largest absolute Gasteiger partial charge is 0.417 e. The van der Waals surface area contributed by atoms with Crippen molar-refractivity contribution < 1.29 is 14.5 Å². The summed E-state index contributed by atoms with van der Waals surface area (Å²) in [6.45, 7) is 6.91. The molecule has 1 saturated heterocycles. The maximum Gasteiger partial charge on any atom is 0.417 e. The molecule has 1 atom stereocenters. The Labute approximate surface area is 121 Å². The Kier molecular flexibility index (Phi) is 5.87. The average molecular weight is 302 g/mol. The summed E-state index contributed by atoms with van der Waals surface area (Å²) in [5.41, 5.74) is -0.894. The lowest BCUT2D eigenvalue weighted by Gasteiger charge is -2.16. The van der Waals surface area contributed by atoms with E-state index in [4.69, 9.17) is 4.74 Å². The summed E-state index contributed by atoms with van der Waals surface area (Å²) in [5, 5.41) is 14.1. The van der Waals surface area contributed by atoms with E-state index < -0.39 is 16.6 Å². The first kappa shape index (κ1) is 16.4. The first-order valence-corrected chi connectivity index (χ1v) is 8.24. The van der Waals surface area contributed by atoms with Gasteiger partial charge in [-0.3, -0.25) is 10.1 Å². The molecule has 0 aliphatic carbocycles. The number of nitrogens with zero attached hydrogens (tertiary/aromatic N) is 2. The molecule has 8 heteroatoms. The van der Waals surface area contributed by atoms with E-state index in [1.165, 1.54) is 0 Å². The Morgan fingerprint density at radius 3 is 2.85 bits per heavy atom. The van der Waals surface area contributed by atoms with Crippen molar-refractivity contribution in [2.24, 2.45) is 0 Å². The zero-order valence-electron chi connectivity index (χ0n) is 11.9. The number of rotatable bonds is 6. The molecule has 1 aliphatic heterocycles. The minimum absolute atomic E-state index is 0.163. The van der Waals surface area contributed by atoms with E-state index in [9.17, 15) is 14.9 Å². The molecule has 0 amide bonds. The van der Waals surface area contributed by atoms with Crippen LogP contribution in [0.3, 0.4) is 0 Å². The lowest BCUT2D eigenvalue weighted by Crippen LogP contribution is -2.31. The van der Waals surface area contributed by atoms with Crippen LogP contribution in [0.1, 0.15) is 6.92 Å². The molecule has 0 aromatic carbocycles. The lowest BCUT2D eigenvalue weighted by atomic mass is 10.4. The molecule has 0 saturated carbocycles. The van der Waals surface area contributed by atoms with E-state index in [2.05, 4.69) is 11.9 Å². The Hall–Kier alpha value is -1.70. The quantitative estimate of drug-likeness (QED) is 0.190. The van der Waals surface area contributed by atoms with E-state index in [0.717, 1.165) is 0 Å². The third-order valence-electron chi connectivity index (χ3n) is 2.88. The third-order valence-corrected chi connectivity index (χ3v) is 4.30. The third kappa shape index (κ3) is 3.89. The second-order valence-electron chi connectivity index (χ2n) is 4.47. The summed E-state index contributed by atoms with van der Waals surface area (Å²) in [7, 11) is -0.163. The van der Waals surface area contributed by atoms with Crippen LogP contribution < -0.4 is 5.32 Å². The van der Waals surface area contributed by atoms with Gasteiger partial charge in [-0.2, -0.15) is 0 Å². The molecular weight excluding hydrogens is 282 g/mol. The van der Waals surface area contributed by atoms with Crippen molar-refractivity contribution in [1.29, 1.82) is 0 Å². The molecule has 7 nitrogen and oxygen atoms in total. The van der Waals surface area contributed by atoms with Crippen LogP contribution >= 0.6 is 0 Å². The average Bonchev–Trinajstić information content (AvgIpc) is 2.77. The first-order valence-electron chi connectivity index (χ1n) is 6.14. The second-order valence-corrected chi connectivity index (χ2v) is 6.89. The summed E-state index contributed by atoms with van der Waals surface area (Å²) < 4.78 is 5.16. The highest BCUT2D eigenvalue weighted by molar-refractivity contribution is 7.95. The van der Waals surface area contributed by atoms with Crippen LogP contribution in [-0.4, -0.2) is 53.4 Å². The molecule has 1 heterocycles. The predicted octanol–water partition coefficient (Wildman–Crippen LogP) is 0.291. The van der Waals surface area contributed by atoms with Crippen molar-refractivity contribution in [3.63, 3.8) is 0 Å². The van der Waals surface area contributed by atoms with Crippen LogP contribution in [0.4, 0.5) is 0 Å². The van der Waals surface area contributed by atoms with Crippen molar-refractivity contribution in [3.05, 3.63) is 34.3 Å². The van der Waals surface area contributed by atoms with Gasteiger partial charge in [0.2, 0.25) is 0 Å². The summed E-state index contributed by atoms with van der Waals surface area (Å²) in [5.74, 6) is -0.693. The molecule has 1 fully saturated rings. The Morgan fingerprint density at radius 2 is 2.35 bits per heavy atom. The molecule has 112 valence electrons. The van der Waals surface area contributed by atoms with Gasteiger partial charge in [-0.25, -0.2) is 4.79 Å². The summed E-state index contributed by atoms with van der Waals surface area (Å²) in [4.78, 5) is 24.2. The fourth-order valence-corrected chi connectivity index (χ4v) is 1.95. The van der Waals surface area contributed by atoms with Gasteiger partial charge in [0.1, 0.15) is 12.5 Å². The highest BCUT2D eigenvalue weighted by atomic mass is 32.2. The number of hydrogen-bond acceptors (Lipinski definition) is 6. The van der Waals surface area contributed by atoms with Crippen LogP contribution in [0.25, 0.3) is 0 Å². The van der Waals surface area contributed by atoms with Gasteiger partial charge in [-0.1, -0.05) is 6.08 Å². The lowest BCUT2D eigenvalue weighted by molar-refractivity contribution is -0.423. The van der Waals surface area contributed by atoms with Gasteiger partial charge >= 0.3 is 11.7 Å². The smallest absolute Gasteiger partial charge is 0.408 e. The predicted molar refractivity (Wildman–Crippen MR) is 78.6 cm³/mol. The van der Waals surface area contributed by atoms with Crippen LogP contribution in [0.5, 0.6) is 0 Å². The Balaban J connectivity index is 3.01. The van der Waals surface area contributed by atoms with Gasteiger partial charge in [0.15, 0.2) is 5.82 Å². The molecular formula is C12H20N3O4S+. The van der Waals surface area contributed by atoms with Crippen LogP contribution in [0.2, 0.25) is 0 Å². The molecule has 1 unspecified atom stereocenters. The number of carbonyl (C=O) groups is 1. The minimum Gasteiger partial charge on any atom is -0.408 e. The number of nitrogens with one attached hydrogen (secondary N) is 1. The molecule has 20 heavy (non-hydrogen) atoms. The second kappa shape index (κ2) is 7.18. The van der Waals surface area contributed by atoms with Crippen molar-refractivity contribution in [1.82, 2.24) is 10.2 Å². The maximum absolute atomic E-state index is 12.0. The minimum atomic E-state index is -0.901. The Bertz CT molecular complexity index is 436. The first-order chi connectivity index (χ1) is 9.38. The standard InChI is InChI=1S/C12H19N3O4S/c1-5-7-14-8-6-13-11(14)10(15(17)18)12(16)19-9(2)20(3)4/h5,9H,1,6-8H2,2-4H3/p+1. The number of nitro groups is 1. The molecule has 0 aromatic rings. The van der Waals surface area contributed by atoms with E-state index >= 15 is 0 Å². The Morgan fingerprint density at radius 1 is 1.70 bits per heavy atom. The van der Waals surface area contributed by atoms with Crippen LogP contribution in [0.15, 0.2) is 24.2 Å². The molecule has 0 radical (unpaired) electrons. The van der Waals surface area contributed by atoms with Gasteiger partial charge in [0, 0.05) is 37.5 Å². The number of carbonyl (C=O) groups excluding carboxylic acids is 1. The normalized spacial score (nSPS) is 18.5. The van der Waals surface area contributed by atoms with Crippen molar-refractivity contribution >= 4 is 16.9 Å². The van der Waals surface area contributed by atoms with E-state index in [1.807, 2.05) is 12.5 Å². The van der Waals surface area contributed by atoms with Gasteiger partial charge < -0.3 is 15.0 Å². The molecule has 0 aromatic heterocycles. The van der Waals surface area contributed by atoms with E-state index in [1.54, 1.807) is 17.9 Å². The van der Waals surface area contributed by atoms with E-state index in [-0.39, 0.29) is 22.2 Å². The number of esters is 1. The fraction of sp³-hybridized carbons (Fsp3) is 0.583. The number of ether oxygens (including phenoxy) is 1.